The van der Waals surface area contributed by atoms with Crippen molar-refractivity contribution in [2.45, 2.75) is 26.4 Å². The van der Waals surface area contributed by atoms with Crippen LogP contribution >= 0.6 is 0 Å². The monoisotopic (exact) mass is 230 g/mol. The molecule has 0 aliphatic carbocycles. The van der Waals surface area contributed by atoms with Crippen molar-refractivity contribution in [2.75, 3.05) is 0 Å². The summed E-state index contributed by atoms with van der Waals surface area (Å²) >= 11 is 0. The molecule has 0 atom stereocenters. The molecular weight excluding hydrogens is 216 g/mol. The first-order valence-corrected chi connectivity index (χ1v) is 4.63. The van der Waals surface area contributed by atoms with Crippen LogP contribution in [0.4, 0.5) is 0 Å². The van der Waals surface area contributed by atoms with Crippen molar-refractivity contribution in [1.29, 1.82) is 0 Å². The smallest absolute Gasteiger partial charge is 0.127 e. The number of benzene rings is 1. The average Bonchev–Trinajstić information content (AvgIpc) is 2.30. The molecule has 1 aromatic rings. The predicted molar refractivity (Wildman–Crippen MR) is 53.5 cm³/mol. The summed E-state index contributed by atoms with van der Waals surface area (Å²) in [4.78, 5) is 0. The summed E-state index contributed by atoms with van der Waals surface area (Å²) in [6.45, 7) is -2.36. The van der Waals surface area contributed by atoms with Crippen LogP contribution in [-0.4, -0.2) is 30.6 Å². The summed E-state index contributed by atoms with van der Waals surface area (Å²) in [6, 6.07) is 0. The molecule has 0 aliphatic heterocycles. The molecule has 0 saturated carbocycles. The van der Waals surface area contributed by atoms with Crippen molar-refractivity contribution in [1.82, 2.24) is 0 Å². The zero-order valence-corrected chi connectivity index (χ0v) is 8.51. The summed E-state index contributed by atoms with van der Waals surface area (Å²) in [5, 5.41) is 55.4. The van der Waals surface area contributed by atoms with Gasteiger partial charge in [-0.05, 0) is 0 Å². The number of rotatable bonds is 4. The molecule has 1 rings (SSSR count). The SMILES string of the molecule is OCc1c(O)c(CO)c(CO)c(O)c1CO. The van der Waals surface area contributed by atoms with E-state index >= 15 is 0 Å². The highest BCUT2D eigenvalue weighted by molar-refractivity contribution is 5.57. The maximum atomic E-state index is 9.68. The van der Waals surface area contributed by atoms with Crippen molar-refractivity contribution in [3.05, 3.63) is 22.3 Å². The molecule has 0 aliphatic rings. The Balaban J connectivity index is 3.60. The van der Waals surface area contributed by atoms with Gasteiger partial charge in [0.2, 0.25) is 0 Å². The van der Waals surface area contributed by atoms with Crippen LogP contribution in [0.15, 0.2) is 0 Å². The van der Waals surface area contributed by atoms with Crippen LogP contribution in [0.3, 0.4) is 0 Å². The third-order valence-electron chi connectivity index (χ3n) is 2.50. The van der Waals surface area contributed by atoms with Gasteiger partial charge >= 0.3 is 0 Å². The van der Waals surface area contributed by atoms with Crippen molar-refractivity contribution in [2.24, 2.45) is 0 Å². The molecule has 0 spiro atoms. The Morgan fingerprint density at radius 1 is 0.500 bits per heavy atom. The van der Waals surface area contributed by atoms with Gasteiger partial charge in [-0.15, -0.1) is 0 Å². The van der Waals surface area contributed by atoms with E-state index in [1.54, 1.807) is 0 Å². The Morgan fingerprint density at radius 3 is 0.812 bits per heavy atom. The number of phenols is 2. The van der Waals surface area contributed by atoms with Crippen molar-refractivity contribution in [3.63, 3.8) is 0 Å². The lowest BCUT2D eigenvalue weighted by Gasteiger charge is -2.17. The summed E-state index contributed by atoms with van der Waals surface area (Å²) in [7, 11) is 0. The second kappa shape index (κ2) is 5.13. The molecule has 0 unspecified atom stereocenters. The summed E-state index contributed by atoms with van der Waals surface area (Å²) in [5.74, 6) is -0.841. The number of hydrogen-bond acceptors (Lipinski definition) is 6. The van der Waals surface area contributed by atoms with Gasteiger partial charge in [0.1, 0.15) is 11.5 Å². The highest BCUT2D eigenvalue weighted by Crippen LogP contribution is 2.37. The molecule has 0 fully saturated rings. The number of hydrogen-bond donors (Lipinski definition) is 6. The molecule has 0 saturated heterocycles. The highest BCUT2D eigenvalue weighted by Gasteiger charge is 2.21. The molecule has 90 valence electrons. The van der Waals surface area contributed by atoms with Gasteiger partial charge in [-0.2, -0.15) is 0 Å². The molecule has 16 heavy (non-hydrogen) atoms. The van der Waals surface area contributed by atoms with Crippen molar-refractivity contribution >= 4 is 0 Å². The van der Waals surface area contributed by atoms with Crippen LogP contribution in [0, 0.1) is 0 Å². The summed E-state index contributed by atoms with van der Waals surface area (Å²) in [5.41, 5.74) is -0.218. The fourth-order valence-corrected chi connectivity index (χ4v) is 1.62. The van der Waals surface area contributed by atoms with E-state index in [0.29, 0.717) is 0 Å². The van der Waals surface area contributed by atoms with E-state index in [0.717, 1.165) is 0 Å². The topological polar surface area (TPSA) is 121 Å². The van der Waals surface area contributed by atoms with E-state index in [4.69, 9.17) is 20.4 Å². The van der Waals surface area contributed by atoms with E-state index in [2.05, 4.69) is 0 Å². The lowest BCUT2D eigenvalue weighted by Crippen LogP contribution is -2.04. The van der Waals surface area contributed by atoms with E-state index in [9.17, 15) is 10.2 Å². The normalized spacial score (nSPS) is 10.8. The molecule has 0 amide bonds. The molecule has 0 aromatic heterocycles. The molecule has 6 N–H and O–H groups in total. The quantitative estimate of drug-likeness (QED) is 0.371. The van der Waals surface area contributed by atoms with Crippen molar-refractivity contribution < 1.29 is 30.6 Å². The minimum Gasteiger partial charge on any atom is -0.507 e. The Hall–Kier alpha value is -1.34. The Labute approximate surface area is 91.7 Å². The lowest BCUT2D eigenvalue weighted by molar-refractivity contribution is 0.233. The zero-order valence-electron chi connectivity index (χ0n) is 8.51. The van der Waals surface area contributed by atoms with Gasteiger partial charge in [-0.3, -0.25) is 0 Å². The second-order valence-electron chi connectivity index (χ2n) is 3.24. The molecule has 0 radical (unpaired) electrons. The van der Waals surface area contributed by atoms with Crippen LogP contribution in [0.25, 0.3) is 0 Å². The first-order valence-electron chi connectivity index (χ1n) is 4.63. The molecule has 0 heterocycles. The van der Waals surface area contributed by atoms with Crippen LogP contribution in [0.5, 0.6) is 11.5 Å². The van der Waals surface area contributed by atoms with Gasteiger partial charge in [0.05, 0.1) is 26.4 Å². The van der Waals surface area contributed by atoms with Crippen LogP contribution in [0.1, 0.15) is 22.3 Å². The van der Waals surface area contributed by atoms with Crippen LogP contribution in [0.2, 0.25) is 0 Å². The first-order chi connectivity index (χ1) is 7.62. The predicted octanol–water partition coefficient (Wildman–Crippen LogP) is -0.933. The maximum absolute atomic E-state index is 9.68. The lowest BCUT2D eigenvalue weighted by atomic mass is 9.96. The molecule has 1 aromatic carbocycles. The molecule has 0 bridgehead atoms. The van der Waals surface area contributed by atoms with Crippen LogP contribution in [-0.2, 0) is 26.4 Å². The minimum absolute atomic E-state index is 0.0544. The van der Waals surface area contributed by atoms with Gasteiger partial charge in [-0.25, -0.2) is 0 Å². The van der Waals surface area contributed by atoms with Gasteiger partial charge in [0.25, 0.3) is 0 Å². The zero-order chi connectivity index (χ0) is 12.3. The number of aliphatic hydroxyl groups excluding tert-OH is 4. The minimum atomic E-state index is -0.589. The third-order valence-corrected chi connectivity index (χ3v) is 2.50. The number of aromatic hydroxyl groups is 2. The molecular formula is C10H14O6. The van der Waals surface area contributed by atoms with E-state index in [1.165, 1.54) is 0 Å². The number of aliphatic hydroxyl groups is 4. The van der Waals surface area contributed by atoms with Crippen LogP contribution < -0.4 is 0 Å². The fraction of sp³-hybridized carbons (Fsp3) is 0.400. The van der Waals surface area contributed by atoms with E-state index < -0.39 is 37.9 Å². The Kier molecular flexibility index (Phi) is 4.08. The Morgan fingerprint density at radius 2 is 0.688 bits per heavy atom. The third kappa shape index (κ3) is 1.83. The average molecular weight is 230 g/mol. The standard InChI is InChI=1S/C10H14O6/c11-1-5-6(2-12)10(16)8(4-14)7(3-13)9(5)15/h11-16H,1-4H2. The molecule has 6 heteroatoms. The fourth-order valence-electron chi connectivity index (χ4n) is 1.62. The summed E-state index contributed by atoms with van der Waals surface area (Å²) in [6.07, 6.45) is 0. The maximum Gasteiger partial charge on any atom is 0.127 e. The Bertz CT molecular complexity index is 317. The van der Waals surface area contributed by atoms with Gasteiger partial charge in [-0.1, -0.05) is 0 Å². The van der Waals surface area contributed by atoms with Gasteiger partial charge in [0.15, 0.2) is 0 Å². The van der Waals surface area contributed by atoms with Gasteiger partial charge < -0.3 is 30.6 Å². The van der Waals surface area contributed by atoms with E-state index in [-0.39, 0.29) is 22.3 Å². The summed E-state index contributed by atoms with van der Waals surface area (Å²) < 4.78 is 0. The highest BCUT2D eigenvalue weighted by atomic mass is 16.3. The largest absolute Gasteiger partial charge is 0.507 e. The van der Waals surface area contributed by atoms with Crippen molar-refractivity contribution in [3.8, 4) is 11.5 Å². The molecule has 6 nitrogen and oxygen atoms in total. The second-order valence-corrected chi connectivity index (χ2v) is 3.24. The first kappa shape index (κ1) is 12.7. The van der Waals surface area contributed by atoms with E-state index in [1.807, 2.05) is 0 Å². The van der Waals surface area contributed by atoms with Gasteiger partial charge in [0, 0.05) is 22.3 Å².